The van der Waals surface area contributed by atoms with Crippen LogP contribution in [0.2, 0.25) is 0 Å². The van der Waals surface area contributed by atoms with Gasteiger partial charge in [-0.15, -0.1) is 0 Å². The van der Waals surface area contributed by atoms with Gasteiger partial charge in [-0.1, -0.05) is 6.92 Å². The third kappa shape index (κ3) is 1.75. The number of hydrogen-bond donors (Lipinski definition) is 2. The average molecular weight is 233 g/mol. The molecule has 4 heteroatoms. The Morgan fingerprint density at radius 1 is 1.47 bits per heavy atom. The molecule has 2 aromatic rings. The minimum Gasteiger partial charge on any atom is -0.496 e. The number of aryl methyl sites for hydroxylation is 2. The Kier molecular flexibility index (Phi) is 2.79. The van der Waals surface area contributed by atoms with Gasteiger partial charge in [0, 0.05) is 11.5 Å². The monoisotopic (exact) mass is 233 g/mol. The quantitative estimate of drug-likeness (QED) is 0.856. The molecule has 2 rings (SSSR count). The molecule has 2 N–H and O–H groups in total. The zero-order valence-corrected chi connectivity index (χ0v) is 10.1. The van der Waals surface area contributed by atoms with E-state index in [-0.39, 0.29) is 5.69 Å². The van der Waals surface area contributed by atoms with Gasteiger partial charge in [-0.05, 0) is 30.5 Å². The van der Waals surface area contributed by atoms with Gasteiger partial charge in [-0.2, -0.15) is 0 Å². The van der Waals surface area contributed by atoms with Crippen molar-refractivity contribution in [3.63, 3.8) is 0 Å². The predicted octanol–water partition coefficient (Wildman–Crippen LogP) is 2.75. The van der Waals surface area contributed by atoms with Crippen molar-refractivity contribution >= 4 is 16.9 Å². The van der Waals surface area contributed by atoms with Crippen LogP contribution in [0.4, 0.5) is 0 Å². The van der Waals surface area contributed by atoms with Gasteiger partial charge in [-0.3, -0.25) is 0 Å². The summed E-state index contributed by atoms with van der Waals surface area (Å²) in [5.41, 5.74) is 2.93. The third-order valence-electron chi connectivity index (χ3n) is 2.99. The maximum Gasteiger partial charge on any atom is 0.352 e. The smallest absolute Gasteiger partial charge is 0.352 e. The SMILES string of the molecule is CCc1c(C(=O)O)[nH]c2cc(OC)c(C)cc12. The summed E-state index contributed by atoms with van der Waals surface area (Å²) in [6.07, 6.45) is 0.688. The van der Waals surface area contributed by atoms with Gasteiger partial charge in [0.25, 0.3) is 0 Å². The topological polar surface area (TPSA) is 62.3 Å². The molecule has 0 aliphatic rings. The molecule has 0 aliphatic heterocycles. The Morgan fingerprint density at radius 3 is 2.71 bits per heavy atom. The number of rotatable bonds is 3. The summed E-state index contributed by atoms with van der Waals surface area (Å²) < 4.78 is 5.23. The first-order chi connectivity index (χ1) is 8.08. The number of aromatic amines is 1. The molecule has 0 fully saturated rings. The van der Waals surface area contributed by atoms with Crippen molar-refractivity contribution in [1.82, 2.24) is 4.98 Å². The third-order valence-corrected chi connectivity index (χ3v) is 2.99. The molecule has 0 spiro atoms. The maximum absolute atomic E-state index is 11.1. The molecule has 0 unspecified atom stereocenters. The van der Waals surface area contributed by atoms with Gasteiger partial charge in [0.2, 0.25) is 0 Å². The first kappa shape index (κ1) is 11.5. The summed E-state index contributed by atoms with van der Waals surface area (Å²) in [6, 6.07) is 3.81. The van der Waals surface area contributed by atoms with E-state index in [1.807, 2.05) is 26.0 Å². The predicted molar refractivity (Wildman–Crippen MR) is 65.9 cm³/mol. The number of carboxylic acids is 1. The van der Waals surface area contributed by atoms with Gasteiger partial charge in [0.15, 0.2) is 0 Å². The van der Waals surface area contributed by atoms with Crippen molar-refractivity contribution in [2.45, 2.75) is 20.3 Å². The second-order valence-corrected chi connectivity index (χ2v) is 4.00. The number of carboxylic acid groups (broad SMARTS) is 1. The number of aromatic nitrogens is 1. The van der Waals surface area contributed by atoms with Gasteiger partial charge >= 0.3 is 5.97 Å². The average Bonchev–Trinajstić information content (AvgIpc) is 2.65. The van der Waals surface area contributed by atoms with Crippen LogP contribution in [0.15, 0.2) is 12.1 Å². The molecule has 1 aromatic carbocycles. The molecule has 0 saturated heterocycles. The van der Waals surface area contributed by atoms with Crippen molar-refractivity contribution in [2.75, 3.05) is 7.11 Å². The Hall–Kier alpha value is -1.97. The molecule has 90 valence electrons. The maximum atomic E-state index is 11.1. The molecule has 1 heterocycles. The fourth-order valence-corrected chi connectivity index (χ4v) is 2.16. The molecule has 1 aromatic heterocycles. The largest absolute Gasteiger partial charge is 0.496 e. The van der Waals surface area contributed by atoms with Crippen LogP contribution in [0.1, 0.15) is 28.5 Å². The first-order valence-corrected chi connectivity index (χ1v) is 5.51. The molecule has 0 saturated carbocycles. The normalized spacial score (nSPS) is 10.8. The lowest BCUT2D eigenvalue weighted by Gasteiger charge is -2.04. The van der Waals surface area contributed by atoms with E-state index in [4.69, 9.17) is 9.84 Å². The summed E-state index contributed by atoms with van der Waals surface area (Å²) in [5.74, 6) is -0.159. The molecule has 0 amide bonds. The lowest BCUT2D eigenvalue weighted by Crippen LogP contribution is -2.00. The highest BCUT2D eigenvalue weighted by molar-refractivity contribution is 5.98. The zero-order valence-electron chi connectivity index (χ0n) is 10.1. The number of methoxy groups -OCH3 is 1. The molecule has 0 atom stereocenters. The molecule has 0 aliphatic carbocycles. The summed E-state index contributed by atoms with van der Waals surface area (Å²) in [7, 11) is 1.61. The lowest BCUT2D eigenvalue weighted by molar-refractivity contribution is 0.0690. The number of H-pyrrole nitrogens is 1. The minimum atomic E-state index is -0.922. The summed E-state index contributed by atoms with van der Waals surface area (Å²) in [5, 5.41) is 10.1. The Morgan fingerprint density at radius 2 is 2.18 bits per heavy atom. The fraction of sp³-hybridized carbons (Fsp3) is 0.308. The minimum absolute atomic E-state index is 0.273. The van der Waals surface area contributed by atoms with Gasteiger partial charge in [0.1, 0.15) is 11.4 Å². The Labute approximate surface area is 99.2 Å². The van der Waals surface area contributed by atoms with Crippen LogP contribution in [-0.4, -0.2) is 23.2 Å². The van der Waals surface area contributed by atoms with Gasteiger partial charge in [0.05, 0.1) is 12.6 Å². The van der Waals surface area contributed by atoms with Crippen LogP contribution >= 0.6 is 0 Å². The second-order valence-electron chi connectivity index (χ2n) is 4.00. The van der Waals surface area contributed by atoms with Crippen molar-refractivity contribution in [2.24, 2.45) is 0 Å². The van der Waals surface area contributed by atoms with Gasteiger partial charge < -0.3 is 14.8 Å². The fourth-order valence-electron chi connectivity index (χ4n) is 2.16. The Bertz CT molecular complexity index is 584. The molecule has 4 nitrogen and oxygen atoms in total. The van der Waals surface area contributed by atoms with Crippen molar-refractivity contribution in [3.8, 4) is 5.75 Å². The van der Waals surface area contributed by atoms with E-state index in [1.165, 1.54) is 0 Å². The number of nitrogens with one attached hydrogen (secondary N) is 1. The van der Waals surface area contributed by atoms with Crippen LogP contribution < -0.4 is 4.74 Å². The van der Waals surface area contributed by atoms with Crippen LogP contribution in [0.5, 0.6) is 5.75 Å². The number of benzene rings is 1. The molecule has 0 radical (unpaired) electrons. The van der Waals surface area contributed by atoms with E-state index < -0.39 is 5.97 Å². The number of carbonyl (C=O) groups is 1. The second kappa shape index (κ2) is 4.13. The number of aromatic carboxylic acids is 1. The highest BCUT2D eigenvalue weighted by Gasteiger charge is 2.16. The van der Waals surface area contributed by atoms with Crippen LogP contribution in [0.25, 0.3) is 10.9 Å². The highest BCUT2D eigenvalue weighted by Crippen LogP contribution is 2.29. The molecule has 17 heavy (non-hydrogen) atoms. The van der Waals surface area contributed by atoms with Crippen LogP contribution in [0.3, 0.4) is 0 Å². The van der Waals surface area contributed by atoms with E-state index in [0.29, 0.717) is 6.42 Å². The summed E-state index contributed by atoms with van der Waals surface area (Å²) >= 11 is 0. The number of fused-ring (bicyclic) bond motifs is 1. The van der Waals surface area contributed by atoms with E-state index in [2.05, 4.69) is 4.98 Å². The Balaban J connectivity index is 2.78. The summed E-state index contributed by atoms with van der Waals surface area (Å²) in [6.45, 7) is 3.90. The lowest BCUT2D eigenvalue weighted by atomic mass is 10.1. The highest BCUT2D eigenvalue weighted by atomic mass is 16.5. The van der Waals surface area contributed by atoms with Crippen LogP contribution in [0, 0.1) is 6.92 Å². The van der Waals surface area contributed by atoms with E-state index in [1.54, 1.807) is 7.11 Å². The molecular weight excluding hydrogens is 218 g/mol. The standard InChI is InChI=1S/C13H15NO3/c1-4-8-9-5-7(2)11(17-3)6-10(9)14-12(8)13(15)16/h5-6,14H,4H2,1-3H3,(H,15,16). The van der Waals surface area contributed by atoms with Crippen molar-refractivity contribution in [3.05, 3.63) is 29.0 Å². The number of hydrogen-bond acceptors (Lipinski definition) is 2. The molecular formula is C13H15NO3. The van der Waals surface area contributed by atoms with E-state index in [0.717, 1.165) is 27.8 Å². The zero-order chi connectivity index (χ0) is 12.6. The first-order valence-electron chi connectivity index (χ1n) is 5.51. The number of ether oxygens (including phenoxy) is 1. The molecule has 0 bridgehead atoms. The summed E-state index contributed by atoms with van der Waals surface area (Å²) in [4.78, 5) is 14.1. The van der Waals surface area contributed by atoms with E-state index >= 15 is 0 Å². The van der Waals surface area contributed by atoms with Crippen molar-refractivity contribution in [1.29, 1.82) is 0 Å². The van der Waals surface area contributed by atoms with E-state index in [9.17, 15) is 4.79 Å². The van der Waals surface area contributed by atoms with Crippen molar-refractivity contribution < 1.29 is 14.6 Å². The van der Waals surface area contributed by atoms with Gasteiger partial charge in [-0.25, -0.2) is 4.79 Å². The van der Waals surface area contributed by atoms with Crippen LogP contribution in [-0.2, 0) is 6.42 Å².